The third-order valence-corrected chi connectivity index (χ3v) is 6.52. The summed E-state index contributed by atoms with van der Waals surface area (Å²) < 4.78 is 29.7. The van der Waals surface area contributed by atoms with Gasteiger partial charge >= 0.3 is 5.97 Å². The number of esters is 1. The molecule has 2 atom stereocenters. The number of allylic oxidation sites excluding steroid dienone is 3. The van der Waals surface area contributed by atoms with E-state index in [0.29, 0.717) is 29.2 Å². The van der Waals surface area contributed by atoms with E-state index < -0.39 is 17.8 Å². The van der Waals surface area contributed by atoms with Crippen LogP contribution in [0.15, 0.2) is 65.5 Å². The molecule has 184 valence electrons. The van der Waals surface area contributed by atoms with Gasteiger partial charge in [-0.15, -0.1) is 0 Å². The van der Waals surface area contributed by atoms with Crippen LogP contribution in [-0.2, 0) is 20.9 Å². The Morgan fingerprint density at radius 2 is 1.83 bits per heavy atom. The quantitative estimate of drug-likeness (QED) is 0.585. The number of ether oxygens (including phenoxy) is 3. The zero-order chi connectivity index (χ0) is 25.3. The first-order chi connectivity index (χ1) is 16.6. The summed E-state index contributed by atoms with van der Waals surface area (Å²) in [4.78, 5) is 26.2. The van der Waals surface area contributed by atoms with Crippen molar-refractivity contribution in [3.05, 3.63) is 82.5 Å². The first kappa shape index (κ1) is 24.5. The van der Waals surface area contributed by atoms with Crippen LogP contribution in [0.5, 0.6) is 11.5 Å². The number of methoxy groups -OCH3 is 2. The van der Waals surface area contributed by atoms with Gasteiger partial charge in [0.2, 0.25) is 0 Å². The van der Waals surface area contributed by atoms with Gasteiger partial charge in [-0.3, -0.25) is 4.79 Å². The molecule has 1 N–H and O–H groups in total. The van der Waals surface area contributed by atoms with Gasteiger partial charge < -0.3 is 19.5 Å². The van der Waals surface area contributed by atoms with Gasteiger partial charge in [0, 0.05) is 29.3 Å². The maximum atomic E-state index is 13.4. The molecule has 0 saturated carbocycles. The van der Waals surface area contributed by atoms with Crippen molar-refractivity contribution in [2.45, 2.75) is 39.7 Å². The van der Waals surface area contributed by atoms with Gasteiger partial charge in [0.1, 0.15) is 29.7 Å². The fourth-order valence-corrected chi connectivity index (χ4v) is 4.97. The lowest BCUT2D eigenvalue weighted by atomic mass is 9.66. The molecule has 0 saturated heterocycles. The highest BCUT2D eigenvalue weighted by molar-refractivity contribution is 5.96. The molecule has 0 fully saturated rings. The molecule has 1 heterocycles. The Bertz CT molecular complexity index is 1210. The van der Waals surface area contributed by atoms with Crippen molar-refractivity contribution in [1.29, 1.82) is 0 Å². The molecule has 2 aromatic rings. The molecule has 2 aromatic carbocycles. The fourth-order valence-electron chi connectivity index (χ4n) is 4.97. The molecule has 7 heteroatoms. The Kier molecular flexibility index (Phi) is 6.70. The number of ketones is 1. The number of rotatable bonds is 6. The molecule has 0 aromatic heterocycles. The second-order valence-electron chi connectivity index (χ2n) is 9.66. The highest BCUT2D eigenvalue weighted by Crippen LogP contribution is 2.47. The number of nitrogens with one attached hydrogen (secondary N) is 1. The molecule has 35 heavy (non-hydrogen) atoms. The minimum Gasteiger partial charge on any atom is -0.496 e. The Hall–Kier alpha value is -3.61. The van der Waals surface area contributed by atoms with Gasteiger partial charge in [0.15, 0.2) is 0 Å². The van der Waals surface area contributed by atoms with Crippen molar-refractivity contribution < 1.29 is 28.2 Å². The molecule has 6 nitrogen and oxygen atoms in total. The molecule has 0 radical (unpaired) electrons. The molecule has 2 unspecified atom stereocenters. The fraction of sp³-hybridized carbons (Fsp3) is 0.357. The first-order valence-corrected chi connectivity index (χ1v) is 11.5. The molecule has 2 aliphatic rings. The van der Waals surface area contributed by atoms with E-state index in [1.165, 1.54) is 19.2 Å². The van der Waals surface area contributed by atoms with Crippen LogP contribution in [0.25, 0.3) is 0 Å². The number of carbonyl (C=O) groups is 2. The lowest BCUT2D eigenvalue weighted by Crippen LogP contribution is -2.43. The lowest BCUT2D eigenvalue weighted by Gasteiger charge is -2.41. The maximum absolute atomic E-state index is 13.4. The van der Waals surface area contributed by atoms with E-state index in [2.05, 4.69) is 11.4 Å². The van der Waals surface area contributed by atoms with Gasteiger partial charge in [-0.2, -0.15) is 0 Å². The number of halogens is 1. The van der Waals surface area contributed by atoms with Crippen molar-refractivity contribution in [1.82, 2.24) is 5.32 Å². The van der Waals surface area contributed by atoms with E-state index in [0.717, 1.165) is 16.8 Å². The molecule has 0 spiro atoms. The number of fused-ring (bicyclic) bond motifs is 1. The summed E-state index contributed by atoms with van der Waals surface area (Å²) in [6, 6.07) is 11.4. The van der Waals surface area contributed by atoms with Crippen LogP contribution >= 0.6 is 0 Å². The SMILES string of the molecule is COC(=O)C1=C(C)NC2=CC(C)(C)CC(=O)C2C1c1ccc(COc2ccc(F)cc2)c(OC)c1. The monoisotopic (exact) mass is 479 g/mol. The van der Waals surface area contributed by atoms with Gasteiger partial charge in [-0.1, -0.05) is 32.1 Å². The molecular formula is C28H30FNO5. The Morgan fingerprint density at radius 1 is 1.11 bits per heavy atom. The maximum Gasteiger partial charge on any atom is 0.336 e. The summed E-state index contributed by atoms with van der Waals surface area (Å²) in [5.41, 5.74) is 3.18. The Balaban J connectivity index is 1.73. The molecule has 0 bridgehead atoms. The van der Waals surface area contributed by atoms with Crippen LogP contribution in [0.3, 0.4) is 0 Å². The van der Waals surface area contributed by atoms with E-state index in [9.17, 15) is 14.0 Å². The van der Waals surface area contributed by atoms with Crippen molar-refractivity contribution >= 4 is 11.8 Å². The largest absolute Gasteiger partial charge is 0.496 e. The zero-order valence-electron chi connectivity index (χ0n) is 20.6. The van der Waals surface area contributed by atoms with Gasteiger partial charge in [-0.25, -0.2) is 9.18 Å². The minimum atomic E-state index is -0.521. The summed E-state index contributed by atoms with van der Waals surface area (Å²) in [5, 5.41) is 3.29. The first-order valence-electron chi connectivity index (χ1n) is 11.5. The number of hydrogen-bond donors (Lipinski definition) is 1. The third-order valence-electron chi connectivity index (χ3n) is 6.52. The van der Waals surface area contributed by atoms with E-state index >= 15 is 0 Å². The van der Waals surface area contributed by atoms with Gasteiger partial charge in [0.05, 0.1) is 25.7 Å². The van der Waals surface area contributed by atoms with Crippen molar-refractivity contribution in [2.75, 3.05) is 14.2 Å². The van der Waals surface area contributed by atoms with Crippen LogP contribution < -0.4 is 14.8 Å². The smallest absolute Gasteiger partial charge is 0.336 e. The third kappa shape index (κ3) is 4.94. The second kappa shape index (κ2) is 9.56. The van der Waals surface area contributed by atoms with Gasteiger partial charge in [0.25, 0.3) is 0 Å². The van der Waals surface area contributed by atoms with Crippen LogP contribution in [0.4, 0.5) is 4.39 Å². The van der Waals surface area contributed by atoms with E-state index in [-0.39, 0.29) is 23.6 Å². The molecule has 4 rings (SSSR count). The van der Waals surface area contributed by atoms with Crippen LogP contribution in [0.1, 0.15) is 44.2 Å². The summed E-state index contributed by atoms with van der Waals surface area (Å²) in [6.45, 7) is 6.09. The summed E-state index contributed by atoms with van der Waals surface area (Å²) >= 11 is 0. The predicted octanol–water partition coefficient (Wildman–Crippen LogP) is 5.05. The number of hydrogen-bond acceptors (Lipinski definition) is 6. The highest BCUT2D eigenvalue weighted by Gasteiger charge is 2.46. The zero-order valence-corrected chi connectivity index (χ0v) is 20.6. The van der Waals surface area contributed by atoms with Crippen LogP contribution in [0, 0.1) is 17.2 Å². The van der Waals surface area contributed by atoms with E-state index in [4.69, 9.17) is 14.2 Å². The molecule has 1 aliphatic carbocycles. The van der Waals surface area contributed by atoms with Crippen molar-refractivity contribution in [3.63, 3.8) is 0 Å². The van der Waals surface area contributed by atoms with Crippen molar-refractivity contribution in [3.8, 4) is 11.5 Å². The molecule has 0 amide bonds. The van der Waals surface area contributed by atoms with E-state index in [1.54, 1.807) is 19.2 Å². The Morgan fingerprint density at radius 3 is 2.49 bits per heavy atom. The molecular weight excluding hydrogens is 449 g/mol. The Labute approximate surface area is 204 Å². The number of carbonyl (C=O) groups excluding carboxylic acids is 2. The average Bonchev–Trinajstić information content (AvgIpc) is 2.81. The number of benzene rings is 2. The predicted molar refractivity (Wildman–Crippen MR) is 129 cm³/mol. The normalized spacial score (nSPS) is 21.0. The van der Waals surface area contributed by atoms with Crippen LogP contribution in [-0.4, -0.2) is 26.0 Å². The van der Waals surface area contributed by atoms with E-state index in [1.807, 2.05) is 39.0 Å². The molecule has 1 aliphatic heterocycles. The summed E-state index contributed by atoms with van der Waals surface area (Å²) in [7, 11) is 2.90. The standard InChI is InChI=1S/C28H30FNO5/c1-16-24(27(32)34-5)25(26-21(30-16)13-28(2,3)14-22(26)31)17-6-7-18(23(12-17)33-4)15-35-20-10-8-19(29)9-11-20/h6-13,25-26,30H,14-15H2,1-5H3. The van der Waals surface area contributed by atoms with Crippen molar-refractivity contribution in [2.24, 2.45) is 11.3 Å². The number of Topliss-reactive ketones (excluding diaryl/α,β-unsaturated/α-hetero) is 1. The second-order valence-corrected chi connectivity index (χ2v) is 9.66. The van der Waals surface area contributed by atoms with Crippen LogP contribution in [0.2, 0.25) is 0 Å². The highest BCUT2D eigenvalue weighted by atomic mass is 19.1. The lowest BCUT2D eigenvalue weighted by molar-refractivity contribution is -0.136. The minimum absolute atomic E-state index is 0.0709. The average molecular weight is 480 g/mol. The summed E-state index contributed by atoms with van der Waals surface area (Å²) in [5.74, 6) is -0.667. The topological polar surface area (TPSA) is 73.9 Å². The summed E-state index contributed by atoms with van der Waals surface area (Å²) in [6.07, 6.45) is 2.47. The van der Waals surface area contributed by atoms with Gasteiger partial charge in [-0.05, 0) is 48.2 Å².